The number of aromatic nitrogens is 3. The Kier molecular flexibility index (Phi) is 3.16. The van der Waals surface area contributed by atoms with Gasteiger partial charge in [0.25, 0.3) is 0 Å². The number of likely N-dealkylation sites (N-methyl/N-ethyl adjacent to an activating group) is 1. The van der Waals surface area contributed by atoms with Gasteiger partial charge in [0, 0.05) is 7.05 Å². The number of amides is 1. The minimum atomic E-state index is -0.102. The molecule has 0 unspecified atom stereocenters. The summed E-state index contributed by atoms with van der Waals surface area (Å²) >= 11 is 6.64. The maximum absolute atomic E-state index is 11.3. The van der Waals surface area contributed by atoms with Gasteiger partial charge in [-0.25, -0.2) is 0 Å². The van der Waals surface area contributed by atoms with Crippen molar-refractivity contribution in [1.82, 2.24) is 20.1 Å². The molecular weight excluding hydrogens is 244 g/mol. The van der Waals surface area contributed by atoms with Gasteiger partial charge in [0.05, 0.1) is 4.88 Å². The Morgan fingerprint density at radius 2 is 2.56 bits per heavy atom. The average Bonchev–Trinajstić information content (AvgIpc) is 2.89. The molecule has 0 saturated heterocycles. The highest BCUT2D eigenvalue weighted by atomic mass is 32.1. The third-order valence-corrected chi connectivity index (χ3v) is 3.26. The largest absolute Gasteiger partial charge is 0.358 e. The first-order chi connectivity index (χ1) is 7.72. The number of nitrogens with zero attached hydrogens (tertiary/aromatic N) is 2. The van der Waals surface area contributed by atoms with Crippen molar-refractivity contribution in [3.8, 4) is 10.7 Å². The molecule has 0 spiro atoms. The predicted molar refractivity (Wildman–Crippen MR) is 64.8 cm³/mol. The summed E-state index contributed by atoms with van der Waals surface area (Å²) < 4.78 is 2.13. The van der Waals surface area contributed by atoms with Crippen LogP contribution in [0.4, 0.5) is 0 Å². The lowest BCUT2D eigenvalue weighted by Crippen LogP contribution is -2.23. The number of thiophene rings is 1. The van der Waals surface area contributed by atoms with Crippen LogP contribution in [0.3, 0.4) is 0 Å². The van der Waals surface area contributed by atoms with Crippen molar-refractivity contribution >= 4 is 29.5 Å². The van der Waals surface area contributed by atoms with Gasteiger partial charge in [0.2, 0.25) is 5.91 Å². The molecule has 0 aromatic carbocycles. The first-order valence-electron chi connectivity index (χ1n) is 4.62. The summed E-state index contributed by atoms with van der Waals surface area (Å²) in [6.07, 6.45) is 0. The van der Waals surface area contributed by atoms with E-state index in [1.165, 1.54) is 0 Å². The van der Waals surface area contributed by atoms with Crippen molar-refractivity contribution < 1.29 is 4.79 Å². The molecule has 0 radical (unpaired) electrons. The van der Waals surface area contributed by atoms with Crippen molar-refractivity contribution in [3.05, 3.63) is 22.3 Å². The number of carbonyl (C=O) groups is 1. The highest BCUT2D eigenvalue weighted by Gasteiger charge is 2.11. The fourth-order valence-electron chi connectivity index (χ4n) is 1.28. The van der Waals surface area contributed by atoms with Crippen LogP contribution in [0.15, 0.2) is 17.5 Å². The van der Waals surface area contributed by atoms with Gasteiger partial charge in [-0.15, -0.1) is 11.3 Å². The molecule has 0 aliphatic carbocycles. The van der Waals surface area contributed by atoms with Gasteiger partial charge in [0.1, 0.15) is 6.54 Å². The van der Waals surface area contributed by atoms with Crippen LogP contribution in [0.1, 0.15) is 0 Å². The Morgan fingerprint density at radius 3 is 3.19 bits per heavy atom. The average molecular weight is 254 g/mol. The van der Waals surface area contributed by atoms with E-state index in [9.17, 15) is 4.79 Å². The quantitative estimate of drug-likeness (QED) is 0.814. The van der Waals surface area contributed by atoms with E-state index in [0.717, 1.165) is 4.88 Å². The molecule has 5 nitrogen and oxygen atoms in total. The molecule has 84 valence electrons. The Morgan fingerprint density at radius 1 is 1.75 bits per heavy atom. The van der Waals surface area contributed by atoms with Gasteiger partial charge in [-0.2, -0.15) is 5.10 Å². The maximum atomic E-state index is 11.3. The Hall–Kier alpha value is -1.47. The van der Waals surface area contributed by atoms with Crippen LogP contribution >= 0.6 is 23.6 Å². The zero-order chi connectivity index (χ0) is 11.5. The summed E-state index contributed by atoms with van der Waals surface area (Å²) in [6, 6.07) is 3.87. The lowest BCUT2D eigenvalue weighted by molar-refractivity contribution is -0.121. The minimum absolute atomic E-state index is 0.102. The molecule has 2 rings (SSSR count). The van der Waals surface area contributed by atoms with Crippen molar-refractivity contribution in [2.45, 2.75) is 6.54 Å². The van der Waals surface area contributed by atoms with E-state index < -0.39 is 0 Å². The van der Waals surface area contributed by atoms with E-state index in [2.05, 4.69) is 15.5 Å². The highest BCUT2D eigenvalue weighted by molar-refractivity contribution is 7.71. The van der Waals surface area contributed by atoms with Crippen LogP contribution in [0, 0.1) is 4.77 Å². The predicted octanol–water partition coefficient (Wildman–Crippen LogP) is 1.42. The smallest absolute Gasteiger partial charge is 0.239 e. The molecule has 2 heterocycles. The second-order valence-corrected chi connectivity index (χ2v) is 4.42. The van der Waals surface area contributed by atoms with Crippen LogP contribution in [-0.4, -0.2) is 27.7 Å². The molecule has 1 amide bonds. The fraction of sp³-hybridized carbons (Fsp3) is 0.222. The number of nitrogens with one attached hydrogen (secondary N) is 2. The lowest BCUT2D eigenvalue weighted by atomic mass is 10.4. The standard InChI is InChI=1S/C9H10N4OS2/c1-10-7(14)5-13-8(11-12-9(13)15)6-3-2-4-16-6/h2-4H,5H2,1H3,(H,10,14)(H,12,15). The fourth-order valence-corrected chi connectivity index (χ4v) is 2.20. The lowest BCUT2D eigenvalue weighted by Gasteiger charge is -2.03. The first kappa shape index (κ1) is 11.0. The second kappa shape index (κ2) is 4.58. The first-order valence-corrected chi connectivity index (χ1v) is 5.91. The Balaban J connectivity index is 2.41. The molecule has 7 heteroatoms. The molecule has 0 aliphatic rings. The van der Waals surface area contributed by atoms with Gasteiger partial charge in [0.15, 0.2) is 10.6 Å². The molecule has 2 aromatic heterocycles. The summed E-state index contributed by atoms with van der Waals surface area (Å²) in [5.41, 5.74) is 0. The van der Waals surface area contributed by atoms with Crippen LogP contribution in [-0.2, 0) is 11.3 Å². The molecule has 0 aliphatic heterocycles. The number of aromatic amines is 1. The number of rotatable bonds is 3. The normalized spacial score (nSPS) is 10.3. The van der Waals surface area contributed by atoms with E-state index in [1.54, 1.807) is 23.0 Å². The summed E-state index contributed by atoms with van der Waals surface area (Å²) in [6.45, 7) is 0.180. The van der Waals surface area contributed by atoms with E-state index in [-0.39, 0.29) is 12.5 Å². The van der Waals surface area contributed by atoms with Crippen LogP contribution in [0.25, 0.3) is 10.7 Å². The third kappa shape index (κ3) is 2.05. The monoisotopic (exact) mass is 254 g/mol. The zero-order valence-corrected chi connectivity index (χ0v) is 10.2. The summed E-state index contributed by atoms with van der Waals surface area (Å²) in [4.78, 5) is 12.3. The molecule has 2 N–H and O–H groups in total. The summed E-state index contributed by atoms with van der Waals surface area (Å²) in [5, 5.41) is 11.3. The van der Waals surface area contributed by atoms with Gasteiger partial charge >= 0.3 is 0 Å². The summed E-state index contributed by atoms with van der Waals surface area (Å²) in [5.74, 6) is 0.596. The maximum Gasteiger partial charge on any atom is 0.239 e. The molecule has 0 atom stereocenters. The van der Waals surface area contributed by atoms with Gasteiger partial charge in [-0.05, 0) is 23.7 Å². The van der Waals surface area contributed by atoms with E-state index in [4.69, 9.17) is 12.2 Å². The minimum Gasteiger partial charge on any atom is -0.358 e. The molecule has 0 bridgehead atoms. The van der Waals surface area contributed by atoms with Crippen molar-refractivity contribution in [2.75, 3.05) is 7.05 Å². The van der Waals surface area contributed by atoms with Gasteiger partial charge in [-0.1, -0.05) is 6.07 Å². The number of carbonyl (C=O) groups excluding carboxylic acids is 1. The molecule has 16 heavy (non-hydrogen) atoms. The third-order valence-electron chi connectivity index (χ3n) is 2.08. The highest BCUT2D eigenvalue weighted by Crippen LogP contribution is 2.22. The molecule has 0 fully saturated rings. The van der Waals surface area contributed by atoms with Crippen LogP contribution < -0.4 is 5.32 Å². The molecule has 0 saturated carbocycles. The zero-order valence-electron chi connectivity index (χ0n) is 8.56. The van der Waals surface area contributed by atoms with Crippen LogP contribution in [0.5, 0.6) is 0 Å². The molecule has 2 aromatic rings. The Labute approximate surface area is 101 Å². The van der Waals surface area contributed by atoms with Crippen molar-refractivity contribution in [2.24, 2.45) is 0 Å². The van der Waals surface area contributed by atoms with Crippen molar-refractivity contribution in [3.63, 3.8) is 0 Å². The van der Waals surface area contributed by atoms with E-state index >= 15 is 0 Å². The van der Waals surface area contributed by atoms with E-state index in [1.807, 2.05) is 17.5 Å². The topological polar surface area (TPSA) is 62.7 Å². The Bertz CT molecular complexity index is 540. The van der Waals surface area contributed by atoms with Crippen molar-refractivity contribution in [1.29, 1.82) is 0 Å². The van der Waals surface area contributed by atoms with Crippen LogP contribution in [0.2, 0.25) is 0 Å². The summed E-state index contributed by atoms with van der Waals surface area (Å²) in [7, 11) is 1.59. The van der Waals surface area contributed by atoms with Gasteiger partial charge in [-0.3, -0.25) is 14.5 Å². The number of hydrogen-bond donors (Lipinski definition) is 2. The van der Waals surface area contributed by atoms with Gasteiger partial charge < -0.3 is 5.32 Å². The second-order valence-electron chi connectivity index (χ2n) is 3.09. The number of H-pyrrole nitrogens is 1. The SMILES string of the molecule is CNC(=O)Cn1c(-c2cccs2)n[nH]c1=S. The van der Waals surface area contributed by atoms with E-state index in [0.29, 0.717) is 10.6 Å². The number of hydrogen-bond acceptors (Lipinski definition) is 4. The molecular formula is C9H10N4OS2.